The van der Waals surface area contributed by atoms with Crippen LogP contribution >= 0.6 is 0 Å². The molecular weight excluding hydrogens is 278 g/mol. The SMILES string of the molecule is Cc1[nH]c2ccccc2c1Oc1ncnc2cc(O)ccc12. The van der Waals surface area contributed by atoms with E-state index in [9.17, 15) is 5.11 Å². The first-order valence-corrected chi connectivity index (χ1v) is 6.91. The van der Waals surface area contributed by atoms with Crippen molar-refractivity contribution < 1.29 is 9.84 Å². The summed E-state index contributed by atoms with van der Waals surface area (Å²) in [6.07, 6.45) is 1.43. The highest BCUT2D eigenvalue weighted by Gasteiger charge is 2.13. The maximum atomic E-state index is 9.56. The third-order valence-corrected chi connectivity index (χ3v) is 3.62. The summed E-state index contributed by atoms with van der Waals surface area (Å²) in [5, 5.41) is 11.3. The lowest BCUT2D eigenvalue weighted by Crippen LogP contribution is -1.92. The first-order chi connectivity index (χ1) is 10.7. The fourth-order valence-corrected chi connectivity index (χ4v) is 2.58. The zero-order valence-electron chi connectivity index (χ0n) is 11.9. The van der Waals surface area contributed by atoms with E-state index in [0.29, 0.717) is 11.4 Å². The predicted octanol–water partition coefficient (Wildman–Crippen LogP) is 3.92. The summed E-state index contributed by atoms with van der Waals surface area (Å²) in [5.41, 5.74) is 2.60. The molecule has 2 aromatic heterocycles. The van der Waals surface area contributed by atoms with E-state index in [1.54, 1.807) is 18.2 Å². The number of benzene rings is 2. The molecular formula is C17H13N3O2. The fraction of sp³-hybridized carbons (Fsp3) is 0.0588. The van der Waals surface area contributed by atoms with Gasteiger partial charge in [0.15, 0.2) is 5.75 Å². The van der Waals surface area contributed by atoms with E-state index >= 15 is 0 Å². The molecule has 0 spiro atoms. The van der Waals surface area contributed by atoms with Crippen LogP contribution in [-0.2, 0) is 0 Å². The van der Waals surface area contributed by atoms with Crippen LogP contribution in [0.2, 0.25) is 0 Å². The van der Waals surface area contributed by atoms with Gasteiger partial charge in [-0.25, -0.2) is 9.97 Å². The molecule has 0 bridgehead atoms. The first kappa shape index (κ1) is 12.6. The minimum absolute atomic E-state index is 0.167. The lowest BCUT2D eigenvalue weighted by Gasteiger charge is -2.07. The van der Waals surface area contributed by atoms with Crippen LogP contribution in [0.3, 0.4) is 0 Å². The third kappa shape index (κ3) is 1.95. The van der Waals surface area contributed by atoms with Gasteiger partial charge in [0.05, 0.1) is 16.6 Å². The van der Waals surface area contributed by atoms with Gasteiger partial charge in [-0.15, -0.1) is 0 Å². The molecule has 22 heavy (non-hydrogen) atoms. The number of ether oxygens (including phenoxy) is 1. The molecule has 0 atom stereocenters. The number of fused-ring (bicyclic) bond motifs is 2. The lowest BCUT2D eigenvalue weighted by molar-refractivity contribution is 0.468. The smallest absolute Gasteiger partial charge is 0.230 e. The fourth-order valence-electron chi connectivity index (χ4n) is 2.58. The number of aromatic amines is 1. The summed E-state index contributed by atoms with van der Waals surface area (Å²) in [5.74, 6) is 1.39. The molecule has 0 amide bonds. The zero-order valence-corrected chi connectivity index (χ0v) is 11.9. The van der Waals surface area contributed by atoms with Gasteiger partial charge >= 0.3 is 0 Å². The molecule has 5 heteroatoms. The Morgan fingerprint density at radius 1 is 1.05 bits per heavy atom. The van der Waals surface area contributed by atoms with Gasteiger partial charge in [-0.1, -0.05) is 12.1 Å². The Morgan fingerprint density at radius 2 is 1.91 bits per heavy atom. The standard InChI is InChI=1S/C17H13N3O2/c1-10-16(12-4-2-3-5-14(12)20-10)22-17-13-7-6-11(21)8-15(13)18-9-19-17/h2-9,20-21H,1H3. The van der Waals surface area contributed by atoms with Gasteiger partial charge in [0.25, 0.3) is 0 Å². The van der Waals surface area contributed by atoms with E-state index in [1.165, 1.54) is 6.33 Å². The summed E-state index contributed by atoms with van der Waals surface area (Å²) in [6, 6.07) is 12.9. The topological polar surface area (TPSA) is 71.0 Å². The van der Waals surface area contributed by atoms with Gasteiger partial charge in [0.2, 0.25) is 5.88 Å². The molecule has 0 radical (unpaired) electrons. The van der Waals surface area contributed by atoms with E-state index in [-0.39, 0.29) is 5.75 Å². The predicted molar refractivity (Wildman–Crippen MR) is 84.3 cm³/mol. The monoisotopic (exact) mass is 291 g/mol. The average Bonchev–Trinajstić information content (AvgIpc) is 2.83. The van der Waals surface area contributed by atoms with Crippen molar-refractivity contribution in [2.45, 2.75) is 6.92 Å². The molecule has 0 saturated carbocycles. The summed E-state index contributed by atoms with van der Waals surface area (Å²) in [7, 11) is 0. The van der Waals surface area contributed by atoms with Crippen LogP contribution in [0.25, 0.3) is 21.8 Å². The number of aromatic hydroxyl groups is 1. The van der Waals surface area contributed by atoms with Crippen molar-refractivity contribution in [3.63, 3.8) is 0 Å². The minimum atomic E-state index is 0.167. The number of para-hydroxylation sites is 1. The van der Waals surface area contributed by atoms with Crippen LogP contribution in [0, 0.1) is 6.92 Å². The molecule has 0 unspecified atom stereocenters. The molecule has 108 valence electrons. The maximum absolute atomic E-state index is 9.56. The van der Waals surface area contributed by atoms with Crippen molar-refractivity contribution in [3.05, 3.63) is 54.5 Å². The zero-order chi connectivity index (χ0) is 15.1. The second-order valence-electron chi connectivity index (χ2n) is 5.11. The molecule has 4 aromatic rings. The van der Waals surface area contributed by atoms with Gasteiger partial charge in [0, 0.05) is 17.0 Å². The Hall–Kier alpha value is -3.08. The summed E-state index contributed by atoms with van der Waals surface area (Å²) in [6.45, 7) is 1.96. The highest BCUT2D eigenvalue weighted by molar-refractivity contribution is 5.89. The van der Waals surface area contributed by atoms with Gasteiger partial charge in [-0.2, -0.15) is 0 Å². The highest BCUT2D eigenvalue weighted by Crippen LogP contribution is 2.35. The van der Waals surface area contributed by atoms with Crippen molar-refractivity contribution in [1.29, 1.82) is 0 Å². The number of aromatic nitrogens is 3. The number of hydrogen-bond acceptors (Lipinski definition) is 4. The van der Waals surface area contributed by atoms with Gasteiger partial charge < -0.3 is 14.8 Å². The Bertz CT molecular complexity index is 992. The molecule has 0 aliphatic carbocycles. The lowest BCUT2D eigenvalue weighted by atomic mass is 10.2. The summed E-state index contributed by atoms with van der Waals surface area (Å²) >= 11 is 0. The Labute approximate surface area is 126 Å². The summed E-state index contributed by atoms with van der Waals surface area (Å²) < 4.78 is 6.05. The van der Waals surface area contributed by atoms with Gasteiger partial charge in [-0.3, -0.25) is 0 Å². The second kappa shape index (κ2) is 4.73. The highest BCUT2D eigenvalue weighted by atomic mass is 16.5. The van der Waals surface area contributed by atoms with E-state index < -0.39 is 0 Å². The Morgan fingerprint density at radius 3 is 2.82 bits per heavy atom. The van der Waals surface area contributed by atoms with Crippen LogP contribution in [0.5, 0.6) is 17.4 Å². The molecule has 0 aliphatic rings. The number of hydrogen-bond donors (Lipinski definition) is 2. The number of aryl methyl sites for hydroxylation is 1. The molecule has 2 heterocycles. The minimum Gasteiger partial charge on any atom is -0.508 e. The molecule has 0 fully saturated rings. The summed E-state index contributed by atoms with van der Waals surface area (Å²) in [4.78, 5) is 11.7. The molecule has 2 aromatic carbocycles. The maximum Gasteiger partial charge on any atom is 0.230 e. The number of nitrogens with zero attached hydrogens (tertiary/aromatic N) is 2. The van der Waals surface area contributed by atoms with Crippen molar-refractivity contribution in [3.8, 4) is 17.4 Å². The van der Waals surface area contributed by atoms with E-state index in [0.717, 1.165) is 27.7 Å². The van der Waals surface area contributed by atoms with Gasteiger partial charge in [-0.05, 0) is 31.2 Å². The van der Waals surface area contributed by atoms with E-state index in [2.05, 4.69) is 15.0 Å². The van der Waals surface area contributed by atoms with Crippen LogP contribution in [-0.4, -0.2) is 20.1 Å². The average molecular weight is 291 g/mol. The molecule has 0 saturated heterocycles. The Balaban J connectivity index is 1.88. The van der Waals surface area contributed by atoms with Crippen molar-refractivity contribution >= 4 is 21.8 Å². The number of H-pyrrole nitrogens is 1. The quantitative estimate of drug-likeness (QED) is 0.587. The van der Waals surface area contributed by atoms with Crippen LogP contribution in [0.1, 0.15) is 5.69 Å². The largest absolute Gasteiger partial charge is 0.508 e. The third-order valence-electron chi connectivity index (χ3n) is 3.62. The number of nitrogens with one attached hydrogen (secondary N) is 1. The van der Waals surface area contributed by atoms with E-state index in [4.69, 9.17) is 4.74 Å². The number of rotatable bonds is 2. The van der Waals surface area contributed by atoms with Gasteiger partial charge in [0.1, 0.15) is 12.1 Å². The normalized spacial score (nSPS) is 11.1. The number of phenols is 1. The molecule has 4 rings (SSSR count). The second-order valence-corrected chi connectivity index (χ2v) is 5.11. The van der Waals surface area contributed by atoms with Crippen LogP contribution in [0.4, 0.5) is 0 Å². The first-order valence-electron chi connectivity index (χ1n) is 6.91. The Kier molecular flexibility index (Phi) is 2.72. The number of phenolic OH excluding ortho intramolecular Hbond substituents is 1. The molecule has 5 nitrogen and oxygen atoms in total. The molecule has 0 aliphatic heterocycles. The van der Waals surface area contributed by atoms with E-state index in [1.807, 2.05) is 31.2 Å². The molecule has 2 N–H and O–H groups in total. The van der Waals surface area contributed by atoms with Crippen molar-refractivity contribution in [2.75, 3.05) is 0 Å². The van der Waals surface area contributed by atoms with Crippen LogP contribution in [0.15, 0.2) is 48.8 Å². The van der Waals surface area contributed by atoms with Crippen molar-refractivity contribution in [2.24, 2.45) is 0 Å². The van der Waals surface area contributed by atoms with Crippen LogP contribution < -0.4 is 4.74 Å². The van der Waals surface area contributed by atoms with Crippen molar-refractivity contribution in [1.82, 2.24) is 15.0 Å².